The molecule has 2 aliphatic carbocycles. The molecule has 1 amide bonds. The lowest BCUT2D eigenvalue weighted by molar-refractivity contribution is -0.138. The Morgan fingerprint density at radius 3 is 2.04 bits per heavy atom. The molecule has 3 aliphatic rings. The quantitative estimate of drug-likeness (QED) is 0.0419. The van der Waals surface area contributed by atoms with E-state index in [9.17, 15) is 14.4 Å². The molecule has 0 radical (unpaired) electrons. The van der Waals surface area contributed by atoms with Crippen LogP contribution in [0.25, 0.3) is 22.1 Å². The molecular formula is C61H78N2O6P+. The van der Waals surface area contributed by atoms with Gasteiger partial charge in [0.05, 0.1) is 13.3 Å². The van der Waals surface area contributed by atoms with Gasteiger partial charge in [0, 0.05) is 61.2 Å². The molecule has 5 aromatic rings. The van der Waals surface area contributed by atoms with Crippen molar-refractivity contribution in [1.29, 1.82) is 0 Å². The molecule has 1 saturated carbocycles. The van der Waals surface area contributed by atoms with Gasteiger partial charge >= 0.3 is 5.63 Å². The van der Waals surface area contributed by atoms with Crippen LogP contribution in [0.5, 0.6) is 11.5 Å². The first kappa shape index (κ1) is 52.5. The van der Waals surface area contributed by atoms with Crippen molar-refractivity contribution in [3.8, 4) is 22.6 Å². The molecule has 0 bridgehead atoms. The van der Waals surface area contributed by atoms with Crippen LogP contribution < -0.4 is 31.0 Å². The maximum absolute atomic E-state index is 12.8. The summed E-state index contributed by atoms with van der Waals surface area (Å²) in [6.45, 7) is 11.0. The summed E-state index contributed by atoms with van der Waals surface area (Å²) in [5, 5.41) is 8.66. The monoisotopic (exact) mass is 966 g/mol. The molecule has 1 aliphatic heterocycles. The van der Waals surface area contributed by atoms with Crippen LogP contribution in [0.4, 0.5) is 0 Å². The number of amides is 1. The number of nitrogens with one attached hydrogen (secondary N) is 1. The fourth-order valence-electron chi connectivity index (χ4n) is 10.7. The van der Waals surface area contributed by atoms with E-state index in [1.165, 1.54) is 99.0 Å². The molecule has 2 heterocycles. The predicted molar refractivity (Wildman–Crippen MR) is 291 cm³/mol. The number of ether oxygens (including phenoxy) is 2. The molecular weight excluding hydrogens is 888 g/mol. The van der Waals surface area contributed by atoms with Gasteiger partial charge in [-0.1, -0.05) is 107 Å². The first-order valence-corrected chi connectivity index (χ1v) is 28.3. The van der Waals surface area contributed by atoms with E-state index in [1.807, 2.05) is 23.1 Å². The van der Waals surface area contributed by atoms with Crippen molar-refractivity contribution >= 4 is 40.5 Å². The third kappa shape index (κ3) is 13.8. The molecule has 70 heavy (non-hydrogen) atoms. The van der Waals surface area contributed by atoms with E-state index >= 15 is 0 Å². The fourth-order valence-corrected chi connectivity index (χ4v) is 15.2. The minimum atomic E-state index is -1.61. The second-order valence-electron chi connectivity index (χ2n) is 20.0. The first-order valence-electron chi connectivity index (χ1n) is 26.3. The van der Waals surface area contributed by atoms with E-state index in [1.54, 1.807) is 32.3 Å². The summed E-state index contributed by atoms with van der Waals surface area (Å²) < 4.78 is 17.3. The first-order chi connectivity index (χ1) is 34.1. The summed E-state index contributed by atoms with van der Waals surface area (Å²) in [5.74, 6) is 3.73. The van der Waals surface area contributed by atoms with Gasteiger partial charge < -0.3 is 28.9 Å². The van der Waals surface area contributed by atoms with Gasteiger partial charge in [0.2, 0.25) is 0 Å². The van der Waals surface area contributed by atoms with Crippen molar-refractivity contribution in [3.63, 3.8) is 0 Å². The molecule has 1 aromatic heterocycles. The molecule has 4 aromatic carbocycles. The number of ketones is 1. The Labute approximate surface area is 418 Å². The van der Waals surface area contributed by atoms with Gasteiger partial charge in [0.15, 0.2) is 6.10 Å². The highest BCUT2D eigenvalue weighted by Crippen LogP contribution is 2.65. The van der Waals surface area contributed by atoms with Crippen molar-refractivity contribution in [3.05, 3.63) is 143 Å². The Morgan fingerprint density at radius 1 is 0.786 bits per heavy atom. The number of allylic oxidation sites excluding steroid dienone is 4. The van der Waals surface area contributed by atoms with Gasteiger partial charge in [-0.3, -0.25) is 4.79 Å². The van der Waals surface area contributed by atoms with E-state index < -0.39 is 19.0 Å². The number of methoxy groups -OCH3 is 1. The third-order valence-corrected chi connectivity index (χ3v) is 19.6. The smallest absolute Gasteiger partial charge is 0.336 e. The maximum atomic E-state index is 12.8. The summed E-state index contributed by atoms with van der Waals surface area (Å²) >= 11 is 0. The summed E-state index contributed by atoms with van der Waals surface area (Å²) in [6.07, 6.45) is 24.9. The number of hydrogen-bond donors (Lipinski definition) is 1. The summed E-state index contributed by atoms with van der Waals surface area (Å²) in [5.41, 5.74) is 2.79. The van der Waals surface area contributed by atoms with E-state index in [0.29, 0.717) is 36.1 Å². The van der Waals surface area contributed by atoms with Gasteiger partial charge in [-0.25, -0.2) is 4.79 Å². The predicted octanol–water partition coefficient (Wildman–Crippen LogP) is 12.9. The van der Waals surface area contributed by atoms with Crippen molar-refractivity contribution in [2.75, 3.05) is 39.5 Å². The highest BCUT2D eigenvalue weighted by molar-refractivity contribution is 7.93. The molecule has 2 fully saturated rings. The summed E-state index contributed by atoms with van der Waals surface area (Å²) in [4.78, 5) is 38.1. The molecule has 372 valence electrons. The number of carbonyl (C=O) groups excluding carboxylic acids is 2. The minimum absolute atomic E-state index is 0.0487. The largest absolute Gasteiger partial charge is 0.496 e. The maximum Gasteiger partial charge on any atom is 0.336 e. The van der Waals surface area contributed by atoms with E-state index in [-0.39, 0.29) is 5.91 Å². The fraction of sp³-hybridized carbons (Fsp3) is 0.459. The Balaban J connectivity index is 0.000000208. The molecule has 1 saturated heterocycles. The zero-order valence-corrected chi connectivity index (χ0v) is 43.5. The number of nitrogens with zero attached hydrogens (tertiary/aromatic N) is 1. The molecule has 4 atom stereocenters. The number of unbranched alkanes of at least 4 members (excludes halogenated alkanes) is 8. The summed E-state index contributed by atoms with van der Waals surface area (Å²) in [6, 6.07) is 35.8. The lowest BCUT2D eigenvalue weighted by atomic mass is 9.64. The van der Waals surface area contributed by atoms with Gasteiger partial charge in [-0.05, 0) is 137 Å². The van der Waals surface area contributed by atoms with Crippen molar-refractivity contribution in [2.45, 2.75) is 124 Å². The molecule has 8 nitrogen and oxygen atoms in total. The molecule has 9 heteroatoms. The second-order valence-corrected chi connectivity index (χ2v) is 23.6. The average Bonchev–Trinajstić information content (AvgIpc) is 3.39. The topological polar surface area (TPSA) is 98.1 Å². The number of hydrogen-bond acceptors (Lipinski definition) is 7. The van der Waals surface area contributed by atoms with Gasteiger partial charge in [-0.2, -0.15) is 0 Å². The van der Waals surface area contributed by atoms with Crippen LogP contribution in [-0.2, 0) is 16.0 Å². The Kier molecular flexibility index (Phi) is 19.7. The van der Waals surface area contributed by atoms with Gasteiger partial charge in [0.25, 0.3) is 5.91 Å². The van der Waals surface area contributed by atoms with E-state index in [2.05, 4.69) is 110 Å². The SMILES string of the molecule is CC(=O)CCCCCCCCCCC[P+](C1=CCCC=C1)(c1ccccc1)c1ccccc1.COc1cc(CC2CC(C)C2C)ccc1-c1cc(=O)oc2cc(O[C@H](C)C(=O)N3CCNCC3)ccc12. The van der Waals surface area contributed by atoms with Crippen LogP contribution in [0.15, 0.2) is 136 Å². The van der Waals surface area contributed by atoms with E-state index in [0.717, 1.165) is 66.5 Å². The van der Waals surface area contributed by atoms with Crippen LogP contribution in [-0.4, -0.2) is 62.1 Å². The number of benzene rings is 4. The molecule has 8 rings (SSSR count). The van der Waals surface area contributed by atoms with Gasteiger partial charge in [0.1, 0.15) is 46.1 Å². The Bertz CT molecular complexity index is 2540. The lowest BCUT2D eigenvalue weighted by Crippen LogP contribution is -2.50. The standard InChI is InChI=1S/C31H42OP.C30H36N2O5/c1-28(32)20-12-7-5-3-2-4-6-8-19-27-33(29-21-13-9-14-22-29,30-23-15-10-16-24-30)31-25-17-11-18-26-31;1-18-13-22(19(18)2)14-21-5-7-24(27(15-21)35-4)26-17-29(33)37-28-16-23(6-8-25(26)28)36-20(3)30(34)32-11-9-31-10-12-32/h9-10,13-17,21-26H,2-8,11-12,18-20,27H2,1H3;5-8,15-20,22,31H,9-14H2,1-4H3/q+1;/t;18?,19?,20-,22?/m.1/s1. The average molecular weight is 966 g/mol. The number of piperazine rings is 1. The molecule has 1 N–H and O–H groups in total. The summed E-state index contributed by atoms with van der Waals surface area (Å²) in [7, 11) is 0.0480. The number of carbonyl (C=O) groups is 2. The number of rotatable bonds is 22. The molecule has 3 unspecified atom stereocenters. The number of Topliss-reactive ketones (excluding diaryl/α,β-unsaturated/α-hetero) is 1. The van der Waals surface area contributed by atoms with Crippen LogP contribution in [0, 0.1) is 17.8 Å². The van der Waals surface area contributed by atoms with Crippen LogP contribution in [0.1, 0.15) is 117 Å². The van der Waals surface area contributed by atoms with Crippen LogP contribution in [0.2, 0.25) is 0 Å². The normalized spacial score (nSPS) is 18.3. The van der Waals surface area contributed by atoms with Crippen LogP contribution >= 0.6 is 7.26 Å². The second kappa shape index (κ2) is 26.2. The van der Waals surface area contributed by atoms with Crippen LogP contribution in [0.3, 0.4) is 0 Å². The Morgan fingerprint density at radius 2 is 1.44 bits per heavy atom. The highest BCUT2D eigenvalue weighted by Gasteiger charge is 2.45. The lowest BCUT2D eigenvalue weighted by Gasteiger charge is -2.41. The third-order valence-electron chi connectivity index (χ3n) is 15.0. The molecule has 0 spiro atoms. The zero-order valence-electron chi connectivity index (χ0n) is 42.6. The van der Waals surface area contributed by atoms with Crippen molar-refractivity contribution in [2.24, 2.45) is 17.8 Å². The zero-order chi connectivity index (χ0) is 49.3. The van der Waals surface area contributed by atoms with Gasteiger partial charge in [-0.15, -0.1) is 0 Å². The number of fused-ring (bicyclic) bond motifs is 1. The highest BCUT2D eigenvalue weighted by atomic mass is 31.2. The minimum Gasteiger partial charge on any atom is -0.496 e. The van der Waals surface area contributed by atoms with E-state index in [4.69, 9.17) is 13.9 Å². The Hall–Kier alpha value is -5.30. The van der Waals surface area contributed by atoms with Crippen molar-refractivity contribution in [1.82, 2.24) is 10.2 Å². The van der Waals surface area contributed by atoms with Crippen molar-refractivity contribution < 1.29 is 23.5 Å².